The van der Waals surface area contributed by atoms with E-state index in [0.29, 0.717) is 45.6 Å². The van der Waals surface area contributed by atoms with Gasteiger partial charge in [-0.1, -0.05) is 0 Å². The molecule has 0 spiro atoms. The summed E-state index contributed by atoms with van der Waals surface area (Å²) in [4.78, 5) is 18.4. The second-order valence-corrected chi connectivity index (χ2v) is 5.65. The third-order valence-electron chi connectivity index (χ3n) is 3.40. The van der Waals surface area contributed by atoms with Crippen molar-refractivity contribution in [2.75, 3.05) is 39.0 Å². The van der Waals surface area contributed by atoms with E-state index in [0.717, 1.165) is 0 Å². The van der Waals surface area contributed by atoms with Gasteiger partial charge in [-0.25, -0.2) is 4.98 Å². The summed E-state index contributed by atoms with van der Waals surface area (Å²) in [5, 5.41) is 0. The molecule has 2 aromatic rings. The normalized spacial score (nSPS) is 10.3. The molecule has 9 nitrogen and oxygen atoms in total. The van der Waals surface area contributed by atoms with Gasteiger partial charge in [0, 0.05) is 7.05 Å². The quantitative estimate of drug-likeness (QED) is 0.546. The monoisotopic (exact) mass is 410 g/mol. The van der Waals surface area contributed by atoms with Gasteiger partial charge in [0.25, 0.3) is 0 Å². The average Bonchev–Trinajstić information content (AvgIpc) is 2.60. The molecule has 2 rings (SSSR count). The van der Waals surface area contributed by atoms with E-state index in [1.54, 1.807) is 13.3 Å². The molecule has 0 aliphatic rings. The number of nitrogen functional groups attached to an aromatic ring is 1. The second-order valence-electron chi connectivity index (χ2n) is 4.90. The number of pyridine rings is 1. The smallest absolute Gasteiger partial charge is 0.223 e. The first-order valence-electron chi connectivity index (χ1n) is 7.11. The molecule has 0 saturated heterocycles. The zero-order valence-electron chi connectivity index (χ0n) is 14.4. The molecule has 0 atom stereocenters. The number of nitrogens with two attached hydrogens (primary N) is 1. The summed E-state index contributed by atoms with van der Waals surface area (Å²) in [6.07, 6.45) is 1.57. The molecule has 2 heterocycles. The number of aromatic nitrogens is 3. The van der Waals surface area contributed by atoms with Gasteiger partial charge in [-0.3, -0.25) is 9.98 Å². The zero-order chi connectivity index (χ0) is 18.6. The maximum Gasteiger partial charge on any atom is 0.223 e. The lowest BCUT2D eigenvalue weighted by atomic mass is 10.2. The third kappa shape index (κ3) is 3.73. The summed E-state index contributed by atoms with van der Waals surface area (Å²) >= 11 is 3.31. The van der Waals surface area contributed by atoms with Gasteiger partial charge in [-0.2, -0.15) is 4.98 Å². The summed E-state index contributed by atoms with van der Waals surface area (Å²) in [6.45, 7) is 3.91. The Balaban J connectivity index is 2.45. The molecular weight excluding hydrogens is 392 g/mol. The van der Waals surface area contributed by atoms with E-state index >= 15 is 0 Å². The molecule has 134 valence electrons. The predicted molar refractivity (Wildman–Crippen MR) is 99.4 cm³/mol. The van der Waals surface area contributed by atoms with E-state index in [9.17, 15) is 0 Å². The Labute approximate surface area is 154 Å². The fraction of sp³-hybridized carbons (Fsp3) is 0.333. The fourth-order valence-electron chi connectivity index (χ4n) is 2.29. The second kappa shape index (κ2) is 7.97. The number of methoxy groups -OCH3 is 3. The molecule has 10 heteroatoms. The van der Waals surface area contributed by atoms with Crippen LogP contribution < -0.4 is 24.8 Å². The Hall–Kier alpha value is -2.62. The van der Waals surface area contributed by atoms with Gasteiger partial charge in [0.2, 0.25) is 11.7 Å². The number of ether oxygens (including phenoxy) is 3. The highest BCUT2D eigenvalue weighted by molar-refractivity contribution is 9.10. The van der Waals surface area contributed by atoms with Crippen LogP contribution in [0.5, 0.6) is 17.2 Å². The van der Waals surface area contributed by atoms with Crippen LogP contribution >= 0.6 is 15.9 Å². The molecule has 2 aromatic heterocycles. The third-order valence-corrected chi connectivity index (χ3v) is 3.96. The van der Waals surface area contributed by atoms with Gasteiger partial charge in [-0.15, -0.1) is 0 Å². The van der Waals surface area contributed by atoms with Crippen molar-refractivity contribution in [1.29, 1.82) is 0 Å². The Kier molecular flexibility index (Phi) is 5.97. The van der Waals surface area contributed by atoms with Crippen molar-refractivity contribution in [1.82, 2.24) is 15.0 Å². The largest absolute Gasteiger partial charge is 0.491 e. The number of halogens is 1. The molecule has 0 bridgehead atoms. The average molecular weight is 411 g/mol. The van der Waals surface area contributed by atoms with Crippen LogP contribution in [-0.4, -0.2) is 50.0 Å². The van der Waals surface area contributed by atoms with Crippen LogP contribution in [0.2, 0.25) is 0 Å². The number of hydrogen-bond acceptors (Lipinski definition) is 9. The van der Waals surface area contributed by atoms with Gasteiger partial charge in [0.1, 0.15) is 16.0 Å². The highest BCUT2D eigenvalue weighted by Crippen LogP contribution is 2.40. The van der Waals surface area contributed by atoms with Crippen LogP contribution in [0.25, 0.3) is 0 Å². The Morgan fingerprint density at radius 2 is 1.88 bits per heavy atom. The summed E-state index contributed by atoms with van der Waals surface area (Å²) in [5.41, 5.74) is 6.85. The maximum atomic E-state index is 5.74. The molecular formula is C15H19BrN6O3. The van der Waals surface area contributed by atoms with E-state index in [-0.39, 0.29) is 5.95 Å². The van der Waals surface area contributed by atoms with Crippen molar-refractivity contribution in [3.8, 4) is 17.2 Å². The molecule has 0 amide bonds. The van der Waals surface area contributed by atoms with Crippen molar-refractivity contribution >= 4 is 40.1 Å². The van der Waals surface area contributed by atoms with Gasteiger partial charge in [0.05, 0.1) is 34.1 Å². The first kappa shape index (κ1) is 18.7. The van der Waals surface area contributed by atoms with Gasteiger partial charge < -0.3 is 24.8 Å². The zero-order valence-corrected chi connectivity index (χ0v) is 16.0. The lowest BCUT2D eigenvalue weighted by Crippen LogP contribution is -2.20. The van der Waals surface area contributed by atoms with Gasteiger partial charge >= 0.3 is 0 Å². The highest BCUT2D eigenvalue weighted by atomic mass is 79.9. The number of hydrogen-bond donors (Lipinski definition) is 1. The van der Waals surface area contributed by atoms with Crippen molar-refractivity contribution in [2.24, 2.45) is 4.99 Å². The minimum absolute atomic E-state index is 0.119. The maximum absolute atomic E-state index is 5.74. The SMILES string of the molecule is C=Nc1c(Br)nc(N)nc1N(C)Cc1ncc(OC)c(OC)c1OC. The van der Waals surface area contributed by atoms with Crippen LogP contribution in [0.1, 0.15) is 5.69 Å². The molecule has 0 aliphatic carbocycles. The molecule has 2 N–H and O–H groups in total. The Morgan fingerprint density at radius 1 is 1.20 bits per heavy atom. The topological polar surface area (TPSA) is 108 Å². The minimum atomic E-state index is 0.119. The van der Waals surface area contributed by atoms with Gasteiger partial charge in [0.15, 0.2) is 17.3 Å². The highest BCUT2D eigenvalue weighted by Gasteiger charge is 2.21. The minimum Gasteiger partial charge on any atom is -0.491 e. The van der Waals surface area contributed by atoms with E-state index in [4.69, 9.17) is 19.9 Å². The summed E-state index contributed by atoms with van der Waals surface area (Å²) in [7, 11) is 6.43. The first-order chi connectivity index (χ1) is 12.0. The van der Waals surface area contributed by atoms with Crippen molar-refractivity contribution in [2.45, 2.75) is 6.54 Å². The molecule has 0 radical (unpaired) electrons. The number of rotatable bonds is 7. The van der Waals surface area contributed by atoms with Gasteiger partial charge in [-0.05, 0) is 22.6 Å². The van der Waals surface area contributed by atoms with E-state index in [2.05, 4.69) is 42.6 Å². The van der Waals surface area contributed by atoms with E-state index in [1.807, 2.05) is 11.9 Å². The molecule has 0 unspecified atom stereocenters. The first-order valence-corrected chi connectivity index (χ1v) is 7.90. The van der Waals surface area contributed by atoms with Crippen molar-refractivity contribution < 1.29 is 14.2 Å². The lowest BCUT2D eigenvalue weighted by Gasteiger charge is -2.22. The molecule has 0 aromatic carbocycles. The molecule has 0 fully saturated rings. The van der Waals surface area contributed by atoms with Crippen molar-refractivity contribution in [3.63, 3.8) is 0 Å². The van der Waals surface area contributed by atoms with Crippen LogP contribution in [-0.2, 0) is 6.54 Å². The number of anilines is 2. The van der Waals surface area contributed by atoms with E-state index in [1.165, 1.54) is 14.2 Å². The summed E-state index contributed by atoms with van der Waals surface area (Å²) in [6, 6.07) is 0. The summed E-state index contributed by atoms with van der Waals surface area (Å²) in [5.74, 6) is 2.05. The Morgan fingerprint density at radius 3 is 2.44 bits per heavy atom. The lowest BCUT2D eigenvalue weighted by molar-refractivity contribution is 0.319. The van der Waals surface area contributed by atoms with Crippen molar-refractivity contribution in [3.05, 3.63) is 16.5 Å². The Bertz CT molecular complexity index is 786. The standard InChI is InChI=1S/C15H19BrN6O3/c1-18-10-13(16)20-15(17)21-14(10)22(2)7-8-11(24-4)12(25-5)9(23-3)6-19-8/h6H,1,7H2,2-5H3,(H2,17,20,21). The number of aliphatic imine (C=N–C) groups is 1. The fourth-order valence-corrected chi connectivity index (χ4v) is 2.78. The summed E-state index contributed by atoms with van der Waals surface area (Å²) < 4.78 is 16.5. The van der Waals surface area contributed by atoms with Crippen LogP contribution in [0.15, 0.2) is 15.8 Å². The number of nitrogens with zero attached hydrogens (tertiary/aromatic N) is 5. The van der Waals surface area contributed by atoms with Crippen LogP contribution in [0.3, 0.4) is 0 Å². The predicted octanol–water partition coefficient (Wildman–Crippen LogP) is 2.21. The molecule has 0 aliphatic heterocycles. The molecule has 0 saturated carbocycles. The molecule has 25 heavy (non-hydrogen) atoms. The van der Waals surface area contributed by atoms with Crippen LogP contribution in [0.4, 0.5) is 17.5 Å². The van der Waals surface area contributed by atoms with E-state index < -0.39 is 0 Å². The van der Waals surface area contributed by atoms with Crippen LogP contribution in [0, 0.1) is 0 Å².